The minimum atomic E-state index is -0.434. The van der Waals surface area contributed by atoms with Crippen molar-refractivity contribution in [1.82, 2.24) is 0 Å². The molecule has 0 aliphatic carbocycles. The lowest BCUT2D eigenvalue weighted by Crippen LogP contribution is -2.31. The molecule has 1 aliphatic rings. The van der Waals surface area contributed by atoms with Crippen molar-refractivity contribution in [2.75, 3.05) is 4.90 Å². The van der Waals surface area contributed by atoms with Crippen molar-refractivity contribution in [3.05, 3.63) is 99.2 Å². The second kappa shape index (κ2) is 8.09. The first-order chi connectivity index (χ1) is 14.3. The lowest BCUT2D eigenvalue weighted by molar-refractivity contribution is -0.119. The first-order valence-corrected chi connectivity index (χ1v) is 10.4. The molecule has 0 saturated heterocycles. The number of carbonyl (C=O) groups excluding carboxylic acids is 2. The Hall–Kier alpha value is -2.89. The largest absolute Gasteiger partial charge is 0.272 e. The molecule has 0 unspecified atom stereocenters. The average molecular weight is 438 g/mol. The van der Waals surface area contributed by atoms with Crippen molar-refractivity contribution in [1.29, 1.82) is 0 Å². The highest BCUT2D eigenvalue weighted by Crippen LogP contribution is 2.42. The normalized spacial score (nSPS) is 14.1. The molecular formula is C24H17ClFNO2S. The standard InChI is InChI=1S/C24H17ClFNO2S/c1-14-3-12-20(15(2)13-14)21-22(30-19-10-4-16(25)5-11-19)24(29)27(23(21)28)18-8-6-17(26)7-9-18/h3-13H,1-2H3. The van der Waals surface area contributed by atoms with Crippen LogP contribution in [0.5, 0.6) is 0 Å². The van der Waals surface area contributed by atoms with Gasteiger partial charge < -0.3 is 0 Å². The van der Waals surface area contributed by atoms with Crippen LogP contribution in [-0.4, -0.2) is 11.8 Å². The van der Waals surface area contributed by atoms with Gasteiger partial charge in [-0.25, -0.2) is 9.29 Å². The van der Waals surface area contributed by atoms with Gasteiger partial charge in [-0.15, -0.1) is 0 Å². The Kier molecular flexibility index (Phi) is 5.50. The fraction of sp³-hybridized carbons (Fsp3) is 0.0833. The van der Waals surface area contributed by atoms with Crippen LogP contribution in [0.25, 0.3) is 5.57 Å². The molecule has 2 amide bonds. The van der Waals surface area contributed by atoms with Gasteiger partial charge in [0.25, 0.3) is 11.8 Å². The number of carbonyl (C=O) groups is 2. The fourth-order valence-electron chi connectivity index (χ4n) is 3.38. The zero-order chi connectivity index (χ0) is 21.4. The number of hydrogen-bond donors (Lipinski definition) is 0. The molecule has 6 heteroatoms. The van der Waals surface area contributed by atoms with Crippen LogP contribution in [0.3, 0.4) is 0 Å². The van der Waals surface area contributed by atoms with E-state index in [9.17, 15) is 14.0 Å². The lowest BCUT2D eigenvalue weighted by Gasteiger charge is -2.15. The number of amides is 2. The van der Waals surface area contributed by atoms with Gasteiger partial charge in [-0.3, -0.25) is 9.59 Å². The summed E-state index contributed by atoms with van der Waals surface area (Å²) in [5, 5.41) is 0.588. The summed E-state index contributed by atoms with van der Waals surface area (Å²) >= 11 is 7.20. The molecule has 1 aliphatic heterocycles. The molecule has 0 radical (unpaired) electrons. The Bertz CT molecular complexity index is 1190. The SMILES string of the molecule is Cc1ccc(C2=C(Sc3ccc(Cl)cc3)C(=O)N(c3ccc(F)cc3)C2=O)c(C)c1. The zero-order valence-corrected chi connectivity index (χ0v) is 17.9. The first kappa shape index (κ1) is 20.4. The van der Waals surface area contributed by atoms with Crippen molar-refractivity contribution in [3.63, 3.8) is 0 Å². The van der Waals surface area contributed by atoms with Gasteiger partial charge >= 0.3 is 0 Å². The smallest absolute Gasteiger partial charge is 0.268 e. The van der Waals surface area contributed by atoms with E-state index >= 15 is 0 Å². The van der Waals surface area contributed by atoms with Gasteiger partial charge in [0.15, 0.2) is 0 Å². The molecule has 30 heavy (non-hydrogen) atoms. The van der Waals surface area contributed by atoms with Crippen molar-refractivity contribution >= 4 is 46.4 Å². The molecule has 0 fully saturated rings. The van der Waals surface area contributed by atoms with E-state index in [-0.39, 0.29) is 0 Å². The highest BCUT2D eigenvalue weighted by molar-refractivity contribution is 8.04. The molecule has 0 bridgehead atoms. The van der Waals surface area contributed by atoms with E-state index < -0.39 is 17.6 Å². The first-order valence-electron chi connectivity index (χ1n) is 9.25. The van der Waals surface area contributed by atoms with Crippen molar-refractivity contribution in [2.24, 2.45) is 0 Å². The molecule has 1 heterocycles. The summed E-state index contributed by atoms with van der Waals surface area (Å²) in [6, 6.07) is 18.2. The summed E-state index contributed by atoms with van der Waals surface area (Å²) in [5.74, 6) is -1.28. The van der Waals surface area contributed by atoms with Gasteiger partial charge in [0, 0.05) is 9.92 Å². The molecule has 150 valence electrons. The molecule has 3 aromatic carbocycles. The number of anilines is 1. The number of thioether (sulfide) groups is 1. The second-order valence-corrected chi connectivity index (χ2v) is 8.52. The van der Waals surface area contributed by atoms with Crippen LogP contribution in [0.2, 0.25) is 5.02 Å². The minimum Gasteiger partial charge on any atom is -0.268 e. The van der Waals surface area contributed by atoms with Crippen molar-refractivity contribution in [3.8, 4) is 0 Å². The van der Waals surface area contributed by atoms with Gasteiger partial charge in [0.1, 0.15) is 5.82 Å². The Morgan fingerprint density at radius 3 is 2.17 bits per heavy atom. The number of aryl methyl sites for hydroxylation is 2. The maximum Gasteiger partial charge on any atom is 0.272 e. The predicted molar refractivity (Wildman–Crippen MR) is 119 cm³/mol. The van der Waals surface area contributed by atoms with Crippen LogP contribution < -0.4 is 4.90 Å². The number of hydrogen-bond acceptors (Lipinski definition) is 3. The van der Waals surface area contributed by atoms with E-state index in [1.807, 2.05) is 32.0 Å². The van der Waals surface area contributed by atoms with Gasteiger partial charge in [-0.1, -0.05) is 47.1 Å². The Morgan fingerprint density at radius 2 is 1.53 bits per heavy atom. The molecule has 0 N–H and O–H groups in total. The minimum absolute atomic E-state index is 0.332. The van der Waals surface area contributed by atoms with Gasteiger partial charge in [0.05, 0.1) is 16.2 Å². The highest BCUT2D eigenvalue weighted by Gasteiger charge is 2.40. The van der Waals surface area contributed by atoms with Crippen LogP contribution in [0, 0.1) is 19.7 Å². The molecule has 4 rings (SSSR count). The maximum atomic E-state index is 13.4. The van der Waals surface area contributed by atoms with Crippen molar-refractivity contribution < 1.29 is 14.0 Å². The third-order valence-corrected chi connectivity index (χ3v) is 6.15. The fourth-order valence-corrected chi connectivity index (χ4v) is 4.49. The summed E-state index contributed by atoms with van der Waals surface area (Å²) in [6.45, 7) is 3.89. The Balaban J connectivity index is 1.84. The molecular weight excluding hydrogens is 421 g/mol. The summed E-state index contributed by atoms with van der Waals surface area (Å²) in [4.78, 5) is 29.0. The van der Waals surface area contributed by atoms with Crippen LogP contribution in [0.15, 0.2) is 76.5 Å². The number of halogens is 2. The quantitative estimate of drug-likeness (QED) is 0.458. The van der Waals surface area contributed by atoms with E-state index in [1.54, 1.807) is 24.3 Å². The lowest BCUT2D eigenvalue weighted by atomic mass is 9.99. The molecule has 0 saturated carbocycles. The Morgan fingerprint density at radius 1 is 0.867 bits per heavy atom. The third-order valence-electron chi connectivity index (χ3n) is 4.81. The van der Waals surface area contributed by atoms with Crippen LogP contribution in [0.4, 0.5) is 10.1 Å². The monoisotopic (exact) mass is 437 g/mol. The summed E-state index contributed by atoms with van der Waals surface area (Å²) in [6.07, 6.45) is 0. The molecule has 3 aromatic rings. The van der Waals surface area contributed by atoms with Gasteiger partial charge in [-0.2, -0.15) is 0 Å². The van der Waals surface area contributed by atoms with E-state index in [4.69, 9.17) is 11.6 Å². The topological polar surface area (TPSA) is 37.4 Å². The van der Waals surface area contributed by atoms with E-state index in [0.29, 0.717) is 26.8 Å². The van der Waals surface area contributed by atoms with Gasteiger partial charge in [-0.05, 0) is 73.5 Å². The summed E-state index contributed by atoms with van der Waals surface area (Å²) in [7, 11) is 0. The molecule has 0 spiro atoms. The third kappa shape index (κ3) is 3.78. The van der Waals surface area contributed by atoms with Gasteiger partial charge in [0.2, 0.25) is 0 Å². The molecule has 3 nitrogen and oxygen atoms in total. The predicted octanol–water partition coefficient (Wildman–Crippen LogP) is 6.17. The van der Waals surface area contributed by atoms with E-state index in [0.717, 1.165) is 20.9 Å². The summed E-state index contributed by atoms with van der Waals surface area (Å²) < 4.78 is 13.4. The number of rotatable bonds is 4. The molecule has 0 aromatic heterocycles. The second-order valence-electron chi connectivity index (χ2n) is 7.00. The van der Waals surface area contributed by atoms with Crippen LogP contribution >= 0.6 is 23.4 Å². The van der Waals surface area contributed by atoms with Crippen LogP contribution in [0.1, 0.15) is 16.7 Å². The average Bonchev–Trinajstić information content (AvgIpc) is 2.95. The number of imide groups is 1. The number of nitrogens with zero attached hydrogens (tertiary/aromatic N) is 1. The van der Waals surface area contributed by atoms with Crippen LogP contribution in [-0.2, 0) is 9.59 Å². The van der Waals surface area contributed by atoms with Crippen molar-refractivity contribution in [2.45, 2.75) is 18.7 Å². The number of benzene rings is 3. The Labute approximate surface area is 183 Å². The zero-order valence-electron chi connectivity index (χ0n) is 16.3. The molecule has 0 atom stereocenters. The van der Waals surface area contributed by atoms with E-state index in [2.05, 4.69) is 0 Å². The van der Waals surface area contributed by atoms with E-state index in [1.165, 1.54) is 36.0 Å². The summed E-state index contributed by atoms with van der Waals surface area (Å²) in [5.41, 5.74) is 3.36. The highest BCUT2D eigenvalue weighted by atomic mass is 35.5. The maximum absolute atomic E-state index is 13.4.